The largest absolute Gasteiger partial charge is 0.487 e. The van der Waals surface area contributed by atoms with Crippen molar-refractivity contribution in [1.29, 1.82) is 0 Å². The molecule has 1 aliphatic carbocycles. The molecule has 1 aromatic rings. The van der Waals surface area contributed by atoms with Crippen molar-refractivity contribution < 1.29 is 9.66 Å². The summed E-state index contributed by atoms with van der Waals surface area (Å²) < 4.78 is 5.45. The third kappa shape index (κ3) is 4.12. The predicted molar refractivity (Wildman–Crippen MR) is 74.7 cm³/mol. The second kappa shape index (κ2) is 6.41. The molecule has 1 saturated carbocycles. The minimum Gasteiger partial charge on any atom is -0.487 e. The van der Waals surface area contributed by atoms with Gasteiger partial charge in [0.25, 0.3) is 0 Å². The third-order valence-electron chi connectivity index (χ3n) is 3.20. The molecule has 5 nitrogen and oxygen atoms in total. The van der Waals surface area contributed by atoms with Gasteiger partial charge in [-0.05, 0) is 24.8 Å². The Hall–Kier alpha value is -1.78. The fourth-order valence-electron chi connectivity index (χ4n) is 1.93. The van der Waals surface area contributed by atoms with Crippen molar-refractivity contribution in [2.45, 2.75) is 32.6 Å². The van der Waals surface area contributed by atoms with E-state index in [1.54, 1.807) is 12.1 Å². The van der Waals surface area contributed by atoms with Crippen molar-refractivity contribution >= 4 is 11.4 Å². The van der Waals surface area contributed by atoms with Crippen molar-refractivity contribution in [1.82, 2.24) is 0 Å². The van der Waals surface area contributed by atoms with Crippen molar-refractivity contribution in [3.8, 4) is 5.75 Å². The number of anilines is 1. The summed E-state index contributed by atoms with van der Waals surface area (Å²) in [5.74, 6) is 1.23. The number of benzene rings is 1. The molecule has 0 saturated heterocycles. The second-order valence-corrected chi connectivity index (χ2v) is 4.95. The summed E-state index contributed by atoms with van der Waals surface area (Å²) in [6.07, 6.45) is 4.68. The van der Waals surface area contributed by atoms with Crippen LogP contribution in [0.3, 0.4) is 0 Å². The minimum absolute atomic E-state index is 0.0289. The van der Waals surface area contributed by atoms with Gasteiger partial charge in [0.15, 0.2) is 5.75 Å². The Morgan fingerprint density at radius 1 is 1.47 bits per heavy atom. The molecule has 0 unspecified atom stereocenters. The van der Waals surface area contributed by atoms with E-state index in [2.05, 4.69) is 5.32 Å². The van der Waals surface area contributed by atoms with Gasteiger partial charge in [0.05, 0.1) is 11.5 Å². The van der Waals surface area contributed by atoms with Gasteiger partial charge in [-0.1, -0.05) is 19.8 Å². The van der Waals surface area contributed by atoms with Crippen LogP contribution in [0.5, 0.6) is 5.75 Å². The molecule has 0 spiro atoms. The lowest BCUT2D eigenvalue weighted by Gasteiger charge is -2.09. The van der Waals surface area contributed by atoms with Gasteiger partial charge in [-0.25, -0.2) is 0 Å². The standard InChI is InChI=1S/C14H20N2O3/c1-2-9-19-14-10-12(5-6-13(14)16(17)18)15-8-7-11-3-4-11/h5-6,10-11,15H,2-4,7-9H2,1H3. The summed E-state index contributed by atoms with van der Waals surface area (Å²) in [4.78, 5) is 10.5. The van der Waals surface area contributed by atoms with Crippen LogP contribution in [0.2, 0.25) is 0 Å². The number of hydrogen-bond donors (Lipinski definition) is 1. The third-order valence-corrected chi connectivity index (χ3v) is 3.20. The monoisotopic (exact) mass is 264 g/mol. The van der Waals surface area contributed by atoms with Crippen molar-refractivity contribution in [3.63, 3.8) is 0 Å². The lowest BCUT2D eigenvalue weighted by Crippen LogP contribution is -2.04. The fourth-order valence-corrected chi connectivity index (χ4v) is 1.93. The molecule has 0 aromatic heterocycles. The molecule has 2 rings (SSSR count). The summed E-state index contributed by atoms with van der Waals surface area (Å²) in [7, 11) is 0. The van der Waals surface area contributed by atoms with Crippen LogP contribution in [0.1, 0.15) is 32.6 Å². The number of ether oxygens (including phenoxy) is 1. The van der Waals surface area contributed by atoms with E-state index in [0.717, 1.165) is 24.6 Å². The van der Waals surface area contributed by atoms with Gasteiger partial charge in [0.2, 0.25) is 0 Å². The number of hydrogen-bond acceptors (Lipinski definition) is 4. The van der Waals surface area contributed by atoms with Crippen LogP contribution >= 0.6 is 0 Å². The highest BCUT2D eigenvalue weighted by atomic mass is 16.6. The summed E-state index contributed by atoms with van der Waals surface area (Å²) >= 11 is 0. The number of rotatable bonds is 8. The smallest absolute Gasteiger partial charge is 0.311 e. The van der Waals surface area contributed by atoms with Crippen molar-refractivity contribution in [2.75, 3.05) is 18.5 Å². The molecule has 1 N–H and O–H groups in total. The van der Waals surface area contributed by atoms with E-state index in [1.807, 2.05) is 6.92 Å². The van der Waals surface area contributed by atoms with Crippen LogP contribution < -0.4 is 10.1 Å². The van der Waals surface area contributed by atoms with Crippen LogP contribution in [0.4, 0.5) is 11.4 Å². The lowest BCUT2D eigenvalue weighted by atomic mass is 10.2. The Labute approximate surface area is 113 Å². The van der Waals surface area contributed by atoms with E-state index in [-0.39, 0.29) is 5.69 Å². The molecule has 0 amide bonds. The molecule has 19 heavy (non-hydrogen) atoms. The first-order valence-corrected chi connectivity index (χ1v) is 6.85. The Kier molecular flexibility index (Phi) is 4.60. The SMILES string of the molecule is CCCOc1cc(NCCC2CC2)ccc1[N+](=O)[O-]. The quantitative estimate of drug-likeness (QED) is 0.575. The first kappa shape index (κ1) is 13.6. The average molecular weight is 264 g/mol. The summed E-state index contributed by atoms with van der Waals surface area (Å²) in [5.41, 5.74) is 0.915. The zero-order valence-corrected chi connectivity index (χ0v) is 11.2. The van der Waals surface area contributed by atoms with Crippen LogP contribution in [0.25, 0.3) is 0 Å². The summed E-state index contributed by atoms with van der Waals surface area (Å²) in [6, 6.07) is 4.97. The zero-order valence-electron chi connectivity index (χ0n) is 11.2. The Balaban J connectivity index is 2.00. The molecule has 0 heterocycles. The molecule has 0 bridgehead atoms. The first-order chi connectivity index (χ1) is 9.20. The average Bonchev–Trinajstić information content (AvgIpc) is 3.20. The van der Waals surface area contributed by atoms with E-state index in [9.17, 15) is 10.1 Å². The van der Waals surface area contributed by atoms with Crippen LogP contribution in [-0.4, -0.2) is 18.1 Å². The molecular formula is C14H20N2O3. The number of nitrogens with zero attached hydrogens (tertiary/aromatic N) is 1. The molecular weight excluding hydrogens is 244 g/mol. The van der Waals surface area contributed by atoms with Crippen molar-refractivity contribution in [2.24, 2.45) is 5.92 Å². The van der Waals surface area contributed by atoms with E-state index in [1.165, 1.54) is 25.3 Å². The predicted octanol–water partition coefficient (Wildman–Crippen LogP) is 3.60. The molecule has 5 heteroatoms. The van der Waals surface area contributed by atoms with Crippen LogP contribution in [0, 0.1) is 16.0 Å². The Morgan fingerprint density at radius 2 is 2.26 bits per heavy atom. The van der Waals surface area contributed by atoms with E-state index in [0.29, 0.717) is 12.4 Å². The van der Waals surface area contributed by atoms with E-state index < -0.39 is 4.92 Å². The molecule has 0 atom stereocenters. The minimum atomic E-state index is -0.404. The van der Waals surface area contributed by atoms with Gasteiger partial charge in [0.1, 0.15) is 0 Å². The van der Waals surface area contributed by atoms with Gasteiger partial charge in [0, 0.05) is 24.4 Å². The lowest BCUT2D eigenvalue weighted by molar-refractivity contribution is -0.385. The number of nitrogens with one attached hydrogen (secondary N) is 1. The molecule has 1 fully saturated rings. The normalized spacial score (nSPS) is 14.2. The first-order valence-electron chi connectivity index (χ1n) is 6.85. The highest BCUT2D eigenvalue weighted by Gasteiger charge is 2.20. The van der Waals surface area contributed by atoms with Crippen LogP contribution in [0.15, 0.2) is 18.2 Å². The second-order valence-electron chi connectivity index (χ2n) is 4.95. The maximum Gasteiger partial charge on any atom is 0.311 e. The Morgan fingerprint density at radius 3 is 2.89 bits per heavy atom. The van der Waals surface area contributed by atoms with Gasteiger partial charge in [-0.3, -0.25) is 10.1 Å². The van der Waals surface area contributed by atoms with Gasteiger partial charge >= 0.3 is 5.69 Å². The fraction of sp³-hybridized carbons (Fsp3) is 0.571. The summed E-state index contributed by atoms with van der Waals surface area (Å²) in [6.45, 7) is 3.38. The van der Waals surface area contributed by atoms with Gasteiger partial charge < -0.3 is 10.1 Å². The molecule has 0 radical (unpaired) electrons. The molecule has 104 valence electrons. The topological polar surface area (TPSA) is 64.4 Å². The highest BCUT2D eigenvalue weighted by molar-refractivity contribution is 5.58. The van der Waals surface area contributed by atoms with Gasteiger partial charge in [-0.2, -0.15) is 0 Å². The number of nitro benzene ring substituents is 1. The van der Waals surface area contributed by atoms with Crippen LogP contribution in [-0.2, 0) is 0 Å². The Bertz CT molecular complexity index is 444. The molecule has 1 aliphatic rings. The molecule has 1 aromatic carbocycles. The van der Waals surface area contributed by atoms with E-state index >= 15 is 0 Å². The molecule has 0 aliphatic heterocycles. The van der Waals surface area contributed by atoms with Crippen molar-refractivity contribution in [3.05, 3.63) is 28.3 Å². The maximum absolute atomic E-state index is 10.9. The van der Waals surface area contributed by atoms with Gasteiger partial charge in [-0.15, -0.1) is 0 Å². The number of nitro groups is 1. The van der Waals surface area contributed by atoms with E-state index in [4.69, 9.17) is 4.74 Å². The maximum atomic E-state index is 10.9. The zero-order chi connectivity index (χ0) is 13.7. The summed E-state index contributed by atoms with van der Waals surface area (Å²) in [5, 5.41) is 14.2. The highest BCUT2D eigenvalue weighted by Crippen LogP contribution is 2.33.